The summed E-state index contributed by atoms with van der Waals surface area (Å²) < 4.78 is 43.8. The summed E-state index contributed by atoms with van der Waals surface area (Å²) in [5.74, 6) is -3.78. The van der Waals surface area contributed by atoms with E-state index in [1.165, 1.54) is 50.8 Å². The van der Waals surface area contributed by atoms with Crippen LogP contribution in [0.15, 0.2) is 64.8 Å². The number of hydrogen-bond donors (Lipinski definition) is 1. The van der Waals surface area contributed by atoms with Crippen molar-refractivity contribution >= 4 is 23.1 Å². The lowest BCUT2D eigenvalue weighted by Crippen LogP contribution is -2.30. The topological polar surface area (TPSA) is 89.2 Å². The first-order valence-electron chi connectivity index (χ1n) is 9.39. The predicted molar refractivity (Wildman–Crippen MR) is 109 cm³/mol. The van der Waals surface area contributed by atoms with Crippen LogP contribution in [0.2, 0.25) is 0 Å². The van der Waals surface area contributed by atoms with Crippen LogP contribution in [0.1, 0.15) is 17.4 Å². The van der Waals surface area contributed by atoms with Crippen molar-refractivity contribution < 1.29 is 37.4 Å². The van der Waals surface area contributed by atoms with Gasteiger partial charge in [0.1, 0.15) is 29.2 Å². The summed E-state index contributed by atoms with van der Waals surface area (Å²) in [4.78, 5) is 26.7. The Kier molecular flexibility index (Phi) is 5.40. The van der Waals surface area contributed by atoms with Gasteiger partial charge in [-0.15, -0.1) is 0 Å². The quantitative estimate of drug-likeness (QED) is 0.363. The summed E-state index contributed by atoms with van der Waals surface area (Å²) in [6.07, 6.45) is 1.31. The van der Waals surface area contributed by atoms with Gasteiger partial charge in [0.25, 0.3) is 11.7 Å². The number of benzene rings is 2. The summed E-state index contributed by atoms with van der Waals surface area (Å²) in [6.45, 7) is 0. The minimum Gasteiger partial charge on any atom is -0.507 e. The van der Waals surface area contributed by atoms with Crippen LogP contribution in [0.25, 0.3) is 5.76 Å². The predicted octanol–water partition coefficient (Wildman–Crippen LogP) is 4.20. The molecule has 3 aromatic rings. The Hall–Kier alpha value is -4.14. The van der Waals surface area contributed by atoms with Crippen molar-refractivity contribution in [1.82, 2.24) is 0 Å². The molecule has 1 atom stereocenters. The van der Waals surface area contributed by atoms with E-state index in [0.29, 0.717) is 11.8 Å². The molecule has 1 unspecified atom stereocenters. The molecule has 2 heterocycles. The molecule has 0 bridgehead atoms. The standard InChI is InChI=1S/C23H17F2NO6/c1-30-16-8-5-12(10-18(16)31-2)21(27)19-20(17-4-3-9-32-17)26(23(29)22(19)28)15-7-6-13(24)11-14(15)25/h3-11,20,27H,1-2H3/b21-19-. The van der Waals surface area contributed by atoms with E-state index in [0.717, 1.165) is 17.0 Å². The van der Waals surface area contributed by atoms with E-state index in [2.05, 4.69) is 0 Å². The molecule has 32 heavy (non-hydrogen) atoms. The molecule has 0 radical (unpaired) electrons. The molecule has 0 saturated carbocycles. The number of aliphatic hydroxyl groups is 1. The second-order valence-electron chi connectivity index (χ2n) is 6.85. The molecule has 9 heteroatoms. The van der Waals surface area contributed by atoms with Gasteiger partial charge in [0, 0.05) is 11.6 Å². The molecule has 1 aliphatic rings. The third-order valence-electron chi connectivity index (χ3n) is 5.08. The Morgan fingerprint density at radius 2 is 1.78 bits per heavy atom. The van der Waals surface area contributed by atoms with Gasteiger partial charge in [0.2, 0.25) is 0 Å². The van der Waals surface area contributed by atoms with Gasteiger partial charge in [-0.1, -0.05) is 0 Å². The van der Waals surface area contributed by atoms with Gasteiger partial charge in [-0.25, -0.2) is 8.78 Å². The Morgan fingerprint density at radius 3 is 2.41 bits per heavy atom. The molecule has 1 amide bonds. The van der Waals surface area contributed by atoms with Gasteiger partial charge in [0.15, 0.2) is 11.5 Å². The number of ketones is 1. The summed E-state index contributed by atoms with van der Waals surface area (Å²) in [6, 6.07) is 8.75. The van der Waals surface area contributed by atoms with Crippen molar-refractivity contribution in [3.8, 4) is 11.5 Å². The molecule has 1 saturated heterocycles. The highest BCUT2D eigenvalue weighted by atomic mass is 19.1. The van der Waals surface area contributed by atoms with Crippen molar-refractivity contribution in [3.05, 3.63) is 83.3 Å². The van der Waals surface area contributed by atoms with Crippen LogP contribution in [0.3, 0.4) is 0 Å². The fourth-order valence-electron chi connectivity index (χ4n) is 3.61. The minimum atomic E-state index is -1.28. The molecule has 1 aliphatic heterocycles. The maximum atomic E-state index is 14.6. The number of amides is 1. The second kappa shape index (κ2) is 8.18. The van der Waals surface area contributed by atoms with E-state index in [9.17, 15) is 23.5 Å². The molecular weight excluding hydrogens is 424 g/mol. The van der Waals surface area contributed by atoms with Gasteiger partial charge >= 0.3 is 0 Å². The smallest absolute Gasteiger partial charge is 0.300 e. The summed E-state index contributed by atoms with van der Waals surface area (Å²) in [5, 5.41) is 11.0. The maximum Gasteiger partial charge on any atom is 0.300 e. The van der Waals surface area contributed by atoms with Crippen LogP contribution in [0, 0.1) is 11.6 Å². The number of anilines is 1. The molecule has 1 fully saturated rings. The van der Waals surface area contributed by atoms with E-state index in [1.807, 2.05) is 0 Å². The third-order valence-corrected chi connectivity index (χ3v) is 5.08. The zero-order valence-corrected chi connectivity index (χ0v) is 17.0. The lowest BCUT2D eigenvalue weighted by atomic mass is 9.99. The van der Waals surface area contributed by atoms with Gasteiger partial charge < -0.3 is 19.0 Å². The van der Waals surface area contributed by atoms with Crippen LogP contribution in [-0.2, 0) is 9.59 Å². The van der Waals surface area contributed by atoms with E-state index in [-0.39, 0.29) is 28.3 Å². The van der Waals surface area contributed by atoms with Crippen LogP contribution >= 0.6 is 0 Å². The Morgan fingerprint density at radius 1 is 1.03 bits per heavy atom. The number of furan rings is 1. The zero-order chi connectivity index (χ0) is 23.0. The fraction of sp³-hybridized carbons (Fsp3) is 0.130. The molecule has 0 aliphatic carbocycles. The molecule has 1 N–H and O–H groups in total. The van der Waals surface area contributed by atoms with E-state index in [4.69, 9.17) is 13.9 Å². The number of nitrogens with zero attached hydrogens (tertiary/aromatic N) is 1. The van der Waals surface area contributed by atoms with Crippen LogP contribution in [0.5, 0.6) is 11.5 Å². The number of aliphatic hydroxyl groups excluding tert-OH is 1. The number of ether oxygens (including phenoxy) is 2. The monoisotopic (exact) mass is 441 g/mol. The molecule has 1 aromatic heterocycles. The Balaban J connectivity index is 1.93. The van der Waals surface area contributed by atoms with Crippen molar-refractivity contribution in [2.75, 3.05) is 19.1 Å². The molecule has 164 valence electrons. The van der Waals surface area contributed by atoms with Crippen LogP contribution < -0.4 is 14.4 Å². The van der Waals surface area contributed by atoms with Gasteiger partial charge in [-0.05, 0) is 42.5 Å². The summed E-state index contributed by atoms with van der Waals surface area (Å²) >= 11 is 0. The number of carbonyl (C=O) groups excluding carboxylic acids is 2. The lowest BCUT2D eigenvalue weighted by molar-refractivity contribution is -0.132. The van der Waals surface area contributed by atoms with E-state index >= 15 is 0 Å². The van der Waals surface area contributed by atoms with Crippen molar-refractivity contribution in [2.24, 2.45) is 0 Å². The van der Waals surface area contributed by atoms with Crippen LogP contribution in [-0.4, -0.2) is 31.0 Å². The number of halogens is 2. The highest BCUT2D eigenvalue weighted by molar-refractivity contribution is 6.51. The minimum absolute atomic E-state index is 0.106. The number of rotatable bonds is 5. The van der Waals surface area contributed by atoms with E-state index in [1.54, 1.807) is 0 Å². The number of Topliss-reactive ketones (excluding diaryl/α,β-unsaturated/α-hetero) is 1. The third kappa shape index (κ3) is 3.37. The van der Waals surface area contributed by atoms with Gasteiger partial charge in [-0.2, -0.15) is 0 Å². The average Bonchev–Trinajstić information content (AvgIpc) is 3.40. The first-order valence-corrected chi connectivity index (χ1v) is 9.39. The largest absolute Gasteiger partial charge is 0.507 e. The van der Waals surface area contributed by atoms with Crippen molar-refractivity contribution in [3.63, 3.8) is 0 Å². The number of carbonyl (C=O) groups is 2. The summed E-state index contributed by atoms with van der Waals surface area (Å²) in [5.41, 5.74) is -0.487. The first kappa shape index (κ1) is 21.1. The molecule has 4 rings (SSSR count). The fourth-order valence-corrected chi connectivity index (χ4v) is 3.61. The lowest BCUT2D eigenvalue weighted by Gasteiger charge is -2.23. The second-order valence-corrected chi connectivity index (χ2v) is 6.85. The van der Waals surface area contributed by atoms with Gasteiger partial charge in [0.05, 0.1) is 31.7 Å². The number of hydrogen-bond acceptors (Lipinski definition) is 6. The Bertz CT molecular complexity index is 1240. The highest BCUT2D eigenvalue weighted by Crippen LogP contribution is 2.43. The zero-order valence-electron chi connectivity index (χ0n) is 17.0. The number of methoxy groups -OCH3 is 2. The SMILES string of the molecule is COc1ccc(/C(O)=C2/C(=O)C(=O)N(c3ccc(F)cc3F)C2c2ccco2)cc1OC. The highest BCUT2D eigenvalue weighted by Gasteiger charge is 2.49. The van der Waals surface area contributed by atoms with Crippen LogP contribution in [0.4, 0.5) is 14.5 Å². The first-order chi connectivity index (χ1) is 15.4. The molecule has 7 nitrogen and oxygen atoms in total. The Labute approximate surface area is 181 Å². The van der Waals surface area contributed by atoms with Crippen molar-refractivity contribution in [2.45, 2.75) is 6.04 Å². The molecular formula is C23H17F2NO6. The normalized spacial score (nSPS) is 17.6. The average molecular weight is 441 g/mol. The van der Waals surface area contributed by atoms with Gasteiger partial charge in [-0.3, -0.25) is 14.5 Å². The van der Waals surface area contributed by atoms with Crippen molar-refractivity contribution in [1.29, 1.82) is 0 Å². The summed E-state index contributed by atoms with van der Waals surface area (Å²) in [7, 11) is 2.85. The molecule has 2 aromatic carbocycles. The maximum absolute atomic E-state index is 14.6. The molecule has 0 spiro atoms. The van der Waals surface area contributed by atoms with E-state index < -0.39 is 35.1 Å².